The minimum atomic E-state index is -0.977. The van der Waals surface area contributed by atoms with Gasteiger partial charge in [-0.05, 0) is 46.8 Å². The van der Waals surface area contributed by atoms with Crippen molar-refractivity contribution in [2.24, 2.45) is 0 Å². The molecule has 0 spiro atoms. The summed E-state index contributed by atoms with van der Waals surface area (Å²) in [7, 11) is 1.50. The smallest absolute Gasteiger partial charge is 0.341 e. The molecule has 158 valence electrons. The maximum atomic E-state index is 12.5. The Morgan fingerprint density at radius 3 is 2.52 bits per heavy atom. The van der Waals surface area contributed by atoms with E-state index in [4.69, 9.17) is 28.4 Å². The van der Waals surface area contributed by atoms with E-state index in [2.05, 4.69) is 0 Å². The number of esters is 2. The summed E-state index contributed by atoms with van der Waals surface area (Å²) in [5.41, 5.74) is 0.362. The number of carbonyl (C=O) groups is 2. The molecule has 1 aromatic rings. The number of ether oxygens (including phenoxy) is 6. The molecular formula is C21H26O8. The van der Waals surface area contributed by atoms with Gasteiger partial charge in [-0.1, -0.05) is 5.57 Å². The van der Waals surface area contributed by atoms with Gasteiger partial charge in [0.05, 0.1) is 13.2 Å². The first-order valence-corrected chi connectivity index (χ1v) is 9.37. The van der Waals surface area contributed by atoms with Crippen LogP contribution in [0.3, 0.4) is 0 Å². The first-order valence-electron chi connectivity index (χ1n) is 9.37. The van der Waals surface area contributed by atoms with Crippen molar-refractivity contribution in [3.8, 4) is 17.2 Å². The highest BCUT2D eigenvalue weighted by atomic mass is 16.7. The van der Waals surface area contributed by atoms with Crippen molar-refractivity contribution in [3.05, 3.63) is 29.3 Å². The molecule has 1 saturated heterocycles. The van der Waals surface area contributed by atoms with Crippen molar-refractivity contribution in [1.29, 1.82) is 0 Å². The average Bonchev–Trinajstić information content (AvgIpc) is 3.05. The molecule has 2 aliphatic heterocycles. The van der Waals surface area contributed by atoms with Crippen LogP contribution in [0.4, 0.5) is 0 Å². The van der Waals surface area contributed by atoms with Crippen LogP contribution in [-0.2, 0) is 23.8 Å². The molecule has 0 saturated carbocycles. The number of carbonyl (C=O) groups excluding carboxylic acids is 2. The Balaban J connectivity index is 1.90. The predicted molar refractivity (Wildman–Crippen MR) is 102 cm³/mol. The summed E-state index contributed by atoms with van der Waals surface area (Å²) in [5.74, 6) is 0.323. The SMILES string of the molecule is COc1cc(C(OC(=O)C=C(C)C)C(C)OC(=O)C2(C)OC2C)cc2c1OCO2. The van der Waals surface area contributed by atoms with Crippen LogP contribution in [0.5, 0.6) is 17.2 Å². The number of allylic oxidation sites excluding steroid dienone is 1. The fraction of sp³-hybridized carbons (Fsp3) is 0.524. The number of benzene rings is 1. The highest BCUT2D eigenvalue weighted by Gasteiger charge is 2.57. The third-order valence-electron chi connectivity index (χ3n) is 4.92. The van der Waals surface area contributed by atoms with Gasteiger partial charge >= 0.3 is 11.9 Å². The fourth-order valence-electron chi connectivity index (χ4n) is 3.04. The van der Waals surface area contributed by atoms with Gasteiger partial charge in [0.15, 0.2) is 23.2 Å². The summed E-state index contributed by atoms with van der Waals surface area (Å²) in [4.78, 5) is 24.8. The van der Waals surface area contributed by atoms with Crippen molar-refractivity contribution in [2.75, 3.05) is 13.9 Å². The molecule has 1 fully saturated rings. The highest BCUT2D eigenvalue weighted by molar-refractivity contribution is 5.84. The normalized spacial score (nSPS) is 23.6. The van der Waals surface area contributed by atoms with Crippen molar-refractivity contribution in [3.63, 3.8) is 0 Å². The molecule has 4 unspecified atom stereocenters. The Kier molecular flexibility index (Phi) is 5.75. The lowest BCUT2D eigenvalue weighted by Crippen LogP contribution is -2.33. The molecule has 0 N–H and O–H groups in total. The molecule has 8 nitrogen and oxygen atoms in total. The van der Waals surface area contributed by atoms with Gasteiger partial charge in [-0.15, -0.1) is 0 Å². The minimum absolute atomic E-state index is 0.0650. The first kappa shape index (κ1) is 21.0. The second-order valence-corrected chi connectivity index (χ2v) is 7.51. The summed E-state index contributed by atoms with van der Waals surface area (Å²) in [6, 6.07) is 3.36. The largest absolute Gasteiger partial charge is 0.493 e. The van der Waals surface area contributed by atoms with Crippen LogP contribution in [0, 0.1) is 0 Å². The van der Waals surface area contributed by atoms with E-state index in [1.807, 2.05) is 0 Å². The van der Waals surface area contributed by atoms with Crippen LogP contribution in [0.2, 0.25) is 0 Å². The number of epoxide rings is 1. The maximum absolute atomic E-state index is 12.5. The fourth-order valence-corrected chi connectivity index (χ4v) is 3.04. The molecular weight excluding hydrogens is 380 g/mol. The van der Waals surface area contributed by atoms with E-state index >= 15 is 0 Å². The molecule has 29 heavy (non-hydrogen) atoms. The van der Waals surface area contributed by atoms with Crippen LogP contribution in [-0.4, -0.2) is 43.7 Å². The third-order valence-corrected chi connectivity index (χ3v) is 4.92. The van der Waals surface area contributed by atoms with E-state index in [0.717, 1.165) is 5.57 Å². The topological polar surface area (TPSA) is 92.8 Å². The summed E-state index contributed by atoms with van der Waals surface area (Å²) in [6.07, 6.45) is -0.517. The summed E-state index contributed by atoms with van der Waals surface area (Å²) < 4.78 is 32.8. The summed E-state index contributed by atoms with van der Waals surface area (Å²) >= 11 is 0. The van der Waals surface area contributed by atoms with Crippen molar-refractivity contribution in [1.82, 2.24) is 0 Å². The average molecular weight is 406 g/mol. The van der Waals surface area contributed by atoms with Crippen LogP contribution in [0.15, 0.2) is 23.8 Å². The van der Waals surface area contributed by atoms with Gasteiger partial charge in [0.1, 0.15) is 6.10 Å². The van der Waals surface area contributed by atoms with E-state index < -0.39 is 29.7 Å². The predicted octanol–water partition coefficient (Wildman–Crippen LogP) is 3.08. The van der Waals surface area contributed by atoms with Crippen LogP contribution in [0.25, 0.3) is 0 Å². The maximum Gasteiger partial charge on any atom is 0.341 e. The van der Waals surface area contributed by atoms with Gasteiger partial charge in [0, 0.05) is 11.6 Å². The molecule has 2 aliphatic rings. The van der Waals surface area contributed by atoms with Gasteiger partial charge in [0.25, 0.3) is 0 Å². The zero-order valence-corrected chi connectivity index (χ0v) is 17.4. The molecule has 8 heteroatoms. The number of hydrogen-bond acceptors (Lipinski definition) is 8. The lowest BCUT2D eigenvalue weighted by molar-refractivity contribution is -0.168. The Morgan fingerprint density at radius 2 is 1.93 bits per heavy atom. The van der Waals surface area contributed by atoms with Gasteiger partial charge < -0.3 is 28.4 Å². The molecule has 0 amide bonds. The molecule has 4 atom stereocenters. The highest BCUT2D eigenvalue weighted by Crippen LogP contribution is 2.44. The van der Waals surface area contributed by atoms with Crippen LogP contribution < -0.4 is 14.2 Å². The molecule has 0 aliphatic carbocycles. The van der Waals surface area contributed by atoms with Gasteiger partial charge in [-0.25, -0.2) is 9.59 Å². The van der Waals surface area contributed by atoms with Crippen molar-refractivity contribution >= 4 is 11.9 Å². The molecule has 2 heterocycles. The quantitative estimate of drug-likeness (QED) is 0.387. The zero-order valence-electron chi connectivity index (χ0n) is 17.4. The van der Waals surface area contributed by atoms with Gasteiger partial charge in [-0.3, -0.25) is 0 Å². The van der Waals surface area contributed by atoms with Crippen molar-refractivity contribution < 1.29 is 38.0 Å². The molecule has 1 aromatic carbocycles. The van der Waals surface area contributed by atoms with E-state index in [1.54, 1.807) is 46.8 Å². The number of hydrogen-bond donors (Lipinski definition) is 0. The minimum Gasteiger partial charge on any atom is -0.493 e. The van der Waals surface area contributed by atoms with E-state index in [-0.39, 0.29) is 12.9 Å². The lowest BCUT2D eigenvalue weighted by Gasteiger charge is -2.25. The van der Waals surface area contributed by atoms with Crippen molar-refractivity contribution in [2.45, 2.75) is 58.5 Å². The first-order chi connectivity index (χ1) is 13.7. The molecule has 0 radical (unpaired) electrons. The number of methoxy groups -OCH3 is 1. The second kappa shape index (κ2) is 7.94. The molecule has 0 bridgehead atoms. The third kappa shape index (κ3) is 4.32. The second-order valence-electron chi connectivity index (χ2n) is 7.51. The Labute approximate surface area is 169 Å². The number of fused-ring (bicyclic) bond motifs is 1. The summed E-state index contributed by atoms with van der Waals surface area (Å²) in [5, 5.41) is 0. The Bertz CT molecular complexity index is 841. The molecule has 3 rings (SSSR count). The zero-order chi connectivity index (χ0) is 21.3. The lowest BCUT2D eigenvalue weighted by atomic mass is 10.0. The van der Waals surface area contributed by atoms with Gasteiger partial charge in [-0.2, -0.15) is 0 Å². The van der Waals surface area contributed by atoms with E-state index in [9.17, 15) is 9.59 Å². The standard InChI is InChI=1S/C21H26O8/c1-11(2)7-17(22)28-18(12(3)27-20(23)21(5)13(4)29-21)14-8-15(24-6)19-16(9-14)25-10-26-19/h7-9,12-13,18H,10H2,1-6H3. The van der Waals surface area contributed by atoms with Gasteiger partial charge in [0.2, 0.25) is 12.5 Å². The number of rotatable bonds is 7. The molecule has 0 aromatic heterocycles. The monoisotopic (exact) mass is 406 g/mol. The van der Waals surface area contributed by atoms with Crippen LogP contribution >= 0.6 is 0 Å². The Morgan fingerprint density at radius 1 is 1.24 bits per heavy atom. The van der Waals surface area contributed by atoms with Crippen LogP contribution in [0.1, 0.15) is 46.3 Å². The summed E-state index contributed by atoms with van der Waals surface area (Å²) in [6.45, 7) is 8.76. The van der Waals surface area contributed by atoms with E-state index in [0.29, 0.717) is 22.8 Å². The Hall–Kier alpha value is -2.74. The van der Waals surface area contributed by atoms with E-state index in [1.165, 1.54) is 13.2 Å².